The molecule has 0 radical (unpaired) electrons. The molecule has 6 nitrogen and oxygen atoms in total. The van der Waals surface area contributed by atoms with E-state index in [9.17, 15) is 0 Å². The topological polar surface area (TPSA) is 70.6 Å². The van der Waals surface area contributed by atoms with Gasteiger partial charge in [0.1, 0.15) is 0 Å². The average Bonchev–Trinajstić information content (AvgIpc) is 3.44. The fourth-order valence-electron chi connectivity index (χ4n) is 4.54. The smallest absolute Gasteiger partial charge is 0.206 e. The summed E-state index contributed by atoms with van der Waals surface area (Å²) < 4.78 is 0. The Morgan fingerprint density at radius 2 is 1.53 bits per heavy atom. The Bertz CT molecular complexity index is 1440. The maximum atomic E-state index is 4.50. The molecule has 1 N–H and O–H groups in total. The lowest BCUT2D eigenvalue weighted by atomic mass is 9.87. The standard InChI is InChI=1S/C28H22N6/c1-3-8-20(9-4-1)17-34-18-26(22-14-23(16-29-15-22)28-30-32-33-31-28)25-13-7-12-24(27(25)19-34)21-10-5-2-6-11-21/h1-16,18H,17,19H2,(H,30,31,32,33). The van der Waals surface area contributed by atoms with Crippen molar-refractivity contribution in [2.45, 2.75) is 13.1 Å². The minimum atomic E-state index is 0.533. The van der Waals surface area contributed by atoms with Gasteiger partial charge in [-0.1, -0.05) is 78.9 Å². The van der Waals surface area contributed by atoms with Crippen molar-refractivity contribution < 1.29 is 0 Å². The molecule has 0 atom stereocenters. The van der Waals surface area contributed by atoms with Crippen LogP contribution in [0.5, 0.6) is 0 Å². The molecular formula is C28H22N6. The van der Waals surface area contributed by atoms with Gasteiger partial charge in [0.2, 0.25) is 5.82 Å². The summed E-state index contributed by atoms with van der Waals surface area (Å²) >= 11 is 0. The van der Waals surface area contributed by atoms with Crippen molar-refractivity contribution >= 4 is 5.57 Å². The zero-order valence-corrected chi connectivity index (χ0v) is 18.5. The fourth-order valence-corrected chi connectivity index (χ4v) is 4.54. The highest BCUT2D eigenvalue weighted by Gasteiger charge is 2.22. The van der Waals surface area contributed by atoms with E-state index in [0.29, 0.717) is 5.82 Å². The summed E-state index contributed by atoms with van der Waals surface area (Å²) in [7, 11) is 0. The highest BCUT2D eigenvalue weighted by atomic mass is 15.5. The van der Waals surface area contributed by atoms with E-state index in [1.807, 2.05) is 6.20 Å². The minimum absolute atomic E-state index is 0.533. The number of pyridine rings is 1. The number of fused-ring (bicyclic) bond motifs is 1. The van der Waals surface area contributed by atoms with Crippen molar-refractivity contribution in [3.8, 4) is 22.5 Å². The predicted octanol–water partition coefficient (Wildman–Crippen LogP) is 5.33. The Labute approximate surface area is 197 Å². The molecule has 0 unspecified atom stereocenters. The first-order valence-corrected chi connectivity index (χ1v) is 11.2. The molecule has 3 aromatic carbocycles. The van der Waals surface area contributed by atoms with Gasteiger partial charge in [-0.3, -0.25) is 4.98 Å². The van der Waals surface area contributed by atoms with E-state index in [1.54, 1.807) is 6.20 Å². The summed E-state index contributed by atoms with van der Waals surface area (Å²) in [5, 5.41) is 14.5. The first kappa shape index (κ1) is 20.1. The summed E-state index contributed by atoms with van der Waals surface area (Å²) in [6.45, 7) is 1.65. The first-order valence-electron chi connectivity index (χ1n) is 11.2. The quantitative estimate of drug-likeness (QED) is 0.398. The second-order valence-electron chi connectivity index (χ2n) is 8.33. The molecule has 3 heterocycles. The first-order chi connectivity index (χ1) is 16.8. The molecule has 34 heavy (non-hydrogen) atoms. The van der Waals surface area contributed by atoms with Crippen LogP contribution in [-0.4, -0.2) is 30.5 Å². The third-order valence-electron chi connectivity index (χ3n) is 6.11. The number of benzene rings is 3. The maximum absolute atomic E-state index is 4.50. The molecule has 0 bridgehead atoms. The number of tetrazole rings is 1. The zero-order chi connectivity index (χ0) is 22.7. The van der Waals surface area contributed by atoms with Crippen LogP contribution in [0.1, 0.15) is 22.3 Å². The van der Waals surface area contributed by atoms with Crippen molar-refractivity contribution in [2.24, 2.45) is 0 Å². The lowest BCUT2D eigenvalue weighted by Gasteiger charge is -2.31. The van der Waals surface area contributed by atoms with E-state index in [0.717, 1.165) is 29.8 Å². The summed E-state index contributed by atoms with van der Waals surface area (Å²) in [6, 6.07) is 29.8. The van der Waals surface area contributed by atoms with Gasteiger partial charge in [0.25, 0.3) is 0 Å². The van der Waals surface area contributed by atoms with E-state index in [2.05, 4.69) is 122 Å². The van der Waals surface area contributed by atoms with Crippen LogP contribution in [0.3, 0.4) is 0 Å². The number of aromatic amines is 1. The maximum Gasteiger partial charge on any atom is 0.206 e. The third kappa shape index (κ3) is 3.86. The Balaban J connectivity index is 1.49. The van der Waals surface area contributed by atoms with Crippen molar-refractivity contribution in [2.75, 3.05) is 0 Å². The van der Waals surface area contributed by atoms with Crippen molar-refractivity contribution in [1.82, 2.24) is 30.5 Å². The van der Waals surface area contributed by atoms with Crippen LogP contribution in [0.15, 0.2) is 104 Å². The number of rotatable bonds is 5. The molecule has 0 spiro atoms. The molecule has 1 aliphatic rings. The van der Waals surface area contributed by atoms with Gasteiger partial charge in [-0.15, -0.1) is 10.2 Å². The zero-order valence-electron chi connectivity index (χ0n) is 18.5. The van der Waals surface area contributed by atoms with Gasteiger partial charge < -0.3 is 4.90 Å². The molecule has 0 aliphatic carbocycles. The van der Waals surface area contributed by atoms with Gasteiger partial charge in [0.15, 0.2) is 0 Å². The van der Waals surface area contributed by atoms with Gasteiger partial charge in [0.05, 0.1) is 0 Å². The molecule has 6 heteroatoms. The van der Waals surface area contributed by atoms with E-state index in [1.165, 1.54) is 27.8 Å². The number of nitrogens with one attached hydrogen (secondary N) is 1. The summed E-state index contributed by atoms with van der Waals surface area (Å²) in [6.07, 6.45) is 5.92. The number of hydrogen-bond donors (Lipinski definition) is 1. The van der Waals surface area contributed by atoms with Crippen LogP contribution in [0.2, 0.25) is 0 Å². The van der Waals surface area contributed by atoms with Crippen LogP contribution in [0.25, 0.3) is 28.1 Å². The van der Waals surface area contributed by atoms with Crippen LogP contribution in [-0.2, 0) is 13.1 Å². The molecule has 0 amide bonds. The largest absolute Gasteiger partial charge is 0.368 e. The van der Waals surface area contributed by atoms with E-state index >= 15 is 0 Å². The van der Waals surface area contributed by atoms with Crippen LogP contribution < -0.4 is 0 Å². The van der Waals surface area contributed by atoms with Gasteiger partial charge in [-0.2, -0.15) is 5.21 Å². The van der Waals surface area contributed by atoms with Crippen LogP contribution >= 0.6 is 0 Å². The summed E-state index contributed by atoms with van der Waals surface area (Å²) in [5.74, 6) is 0.533. The van der Waals surface area contributed by atoms with Crippen molar-refractivity contribution in [3.63, 3.8) is 0 Å². The Kier molecular flexibility index (Phi) is 5.16. The van der Waals surface area contributed by atoms with E-state index < -0.39 is 0 Å². The Hall–Kier alpha value is -4.58. The van der Waals surface area contributed by atoms with Gasteiger partial charge in [-0.05, 0) is 39.1 Å². The lowest BCUT2D eigenvalue weighted by Crippen LogP contribution is -2.22. The summed E-state index contributed by atoms with van der Waals surface area (Å²) in [4.78, 5) is 6.87. The second-order valence-corrected chi connectivity index (χ2v) is 8.33. The number of hydrogen-bond acceptors (Lipinski definition) is 5. The fraction of sp³-hybridized carbons (Fsp3) is 0.0714. The Morgan fingerprint density at radius 3 is 2.32 bits per heavy atom. The van der Waals surface area contributed by atoms with Gasteiger partial charge >= 0.3 is 0 Å². The normalized spacial score (nSPS) is 12.8. The SMILES string of the molecule is C1=C(c2cncc(-c3nn[nH]n3)c2)c2cccc(-c3ccccc3)c2CN1Cc1ccccc1. The second kappa shape index (κ2) is 8.75. The third-order valence-corrected chi connectivity index (χ3v) is 6.11. The number of nitrogens with zero attached hydrogens (tertiary/aromatic N) is 5. The van der Waals surface area contributed by atoms with Crippen molar-refractivity contribution in [1.29, 1.82) is 0 Å². The molecule has 0 saturated heterocycles. The Morgan fingerprint density at radius 1 is 0.765 bits per heavy atom. The predicted molar refractivity (Wildman–Crippen MR) is 132 cm³/mol. The molecular weight excluding hydrogens is 420 g/mol. The van der Waals surface area contributed by atoms with E-state index in [4.69, 9.17) is 0 Å². The molecule has 0 saturated carbocycles. The van der Waals surface area contributed by atoms with Crippen LogP contribution in [0.4, 0.5) is 0 Å². The monoisotopic (exact) mass is 442 g/mol. The average molecular weight is 443 g/mol. The van der Waals surface area contributed by atoms with Gasteiger partial charge in [0, 0.05) is 48.4 Å². The molecule has 164 valence electrons. The number of H-pyrrole nitrogens is 1. The molecule has 5 aromatic rings. The van der Waals surface area contributed by atoms with Gasteiger partial charge in [-0.25, -0.2) is 0 Å². The number of aromatic nitrogens is 5. The summed E-state index contributed by atoms with van der Waals surface area (Å²) in [5.41, 5.74) is 9.26. The highest BCUT2D eigenvalue weighted by molar-refractivity contribution is 5.86. The molecule has 2 aromatic heterocycles. The van der Waals surface area contributed by atoms with Crippen molar-refractivity contribution in [3.05, 3.63) is 126 Å². The van der Waals surface area contributed by atoms with Crippen LogP contribution in [0, 0.1) is 0 Å². The molecule has 6 rings (SSSR count). The lowest BCUT2D eigenvalue weighted by molar-refractivity contribution is 0.358. The molecule has 1 aliphatic heterocycles. The van der Waals surface area contributed by atoms with E-state index in [-0.39, 0.29) is 0 Å². The minimum Gasteiger partial charge on any atom is -0.368 e. The molecule has 0 fully saturated rings. The highest BCUT2D eigenvalue weighted by Crippen LogP contribution is 2.38.